The maximum atomic E-state index is 13.4. The number of para-hydroxylation sites is 1. The molecule has 2 heterocycles. The van der Waals surface area contributed by atoms with E-state index < -0.39 is 10.8 Å². The van der Waals surface area contributed by atoms with E-state index in [2.05, 4.69) is 18.7 Å². The normalized spacial score (nSPS) is 19.8. The van der Waals surface area contributed by atoms with Gasteiger partial charge >= 0.3 is 0 Å². The third kappa shape index (κ3) is 3.52. The van der Waals surface area contributed by atoms with Gasteiger partial charge in [0.05, 0.1) is 23.1 Å². The molecule has 1 atom stereocenters. The molecule has 2 aromatic carbocycles. The number of rotatable bonds is 3. The van der Waals surface area contributed by atoms with Gasteiger partial charge in [0, 0.05) is 34.4 Å². The summed E-state index contributed by atoms with van der Waals surface area (Å²) in [7, 11) is -0.831. The minimum Gasteiger partial charge on any atom is -0.289 e. The number of benzene rings is 2. The summed E-state index contributed by atoms with van der Waals surface area (Å²) in [4.78, 5) is 20.2. The topological polar surface area (TPSA) is 55.2 Å². The highest BCUT2D eigenvalue weighted by molar-refractivity contribution is 7.85. The van der Waals surface area contributed by atoms with Crippen molar-refractivity contribution in [2.24, 2.45) is 0 Å². The van der Waals surface area contributed by atoms with Crippen LogP contribution in [0.5, 0.6) is 0 Å². The summed E-state index contributed by atoms with van der Waals surface area (Å²) in [6.07, 6.45) is 0. The Morgan fingerprint density at radius 1 is 1.14 bits per heavy atom. The molecule has 1 unspecified atom stereocenters. The van der Waals surface area contributed by atoms with Crippen LogP contribution in [0, 0.1) is 5.82 Å². The van der Waals surface area contributed by atoms with E-state index >= 15 is 0 Å². The Balaban J connectivity index is 1.87. The summed E-state index contributed by atoms with van der Waals surface area (Å²) in [5, 5.41) is 0.523. The highest BCUT2D eigenvalue weighted by atomic mass is 32.2. The van der Waals surface area contributed by atoms with E-state index in [-0.39, 0.29) is 16.9 Å². The molecule has 0 bridgehead atoms. The van der Waals surface area contributed by atoms with Gasteiger partial charge in [0.2, 0.25) is 0 Å². The van der Waals surface area contributed by atoms with Crippen LogP contribution in [0.4, 0.5) is 4.39 Å². The molecule has 0 radical (unpaired) electrons. The monoisotopic (exact) mass is 399 g/mol. The van der Waals surface area contributed by atoms with E-state index in [9.17, 15) is 13.4 Å². The van der Waals surface area contributed by atoms with Crippen molar-refractivity contribution in [1.29, 1.82) is 0 Å². The number of hydrogen-bond acceptors (Lipinski definition) is 4. The zero-order chi connectivity index (χ0) is 19.9. The number of nitrogens with zero attached hydrogens (tertiary/aromatic N) is 3. The second-order valence-corrected chi connectivity index (χ2v) is 9.26. The number of halogens is 1. The van der Waals surface area contributed by atoms with Crippen molar-refractivity contribution in [3.8, 4) is 5.69 Å². The fraction of sp³-hybridized carbons (Fsp3) is 0.333. The van der Waals surface area contributed by atoms with Crippen LogP contribution < -0.4 is 5.56 Å². The van der Waals surface area contributed by atoms with Gasteiger partial charge in [0.15, 0.2) is 0 Å². The first-order valence-electron chi connectivity index (χ1n) is 9.22. The fourth-order valence-electron chi connectivity index (χ4n) is 3.68. The minimum atomic E-state index is -0.831. The maximum absolute atomic E-state index is 13.4. The van der Waals surface area contributed by atoms with Crippen LogP contribution in [0.3, 0.4) is 0 Å². The molecule has 3 aromatic rings. The van der Waals surface area contributed by atoms with E-state index in [1.807, 2.05) is 18.2 Å². The fourth-order valence-corrected chi connectivity index (χ4v) is 5.22. The lowest BCUT2D eigenvalue weighted by Crippen LogP contribution is -2.53. The van der Waals surface area contributed by atoms with E-state index in [4.69, 9.17) is 4.98 Å². The molecule has 28 heavy (non-hydrogen) atoms. The van der Waals surface area contributed by atoms with Gasteiger partial charge in [-0.1, -0.05) is 12.1 Å². The lowest BCUT2D eigenvalue weighted by Gasteiger charge is -2.41. The van der Waals surface area contributed by atoms with E-state index in [0.29, 0.717) is 47.0 Å². The molecule has 146 valence electrons. The van der Waals surface area contributed by atoms with Gasteiger partial charge in [0.1, 0.15) is 11.6 Å². The average Bonchev–Trinajstić information content (AvgIpc) is 2.65. The van der Waals surface area contributed by atoms with Crippen molar-refractivity contribution in [2.75, 3.05) is 18.1 Å². The Hall–Kier alpha value is -2.38. The molecule has 5 nitrogen and oxygen atoms in total. The molecule has 1 aliphatic heterocycles. The standard InChI is InChI=1S/C21H22FN3O2S/c1-21(2)14-28(27)12-11-24(21)13-19-23-18-6-4-3-5-17(18)20(26)25(19)16-9-7-15(22)8-10-16/h3-10H,11-14H2,1-2H3. The van der Waals surface area contributed by atoms with Crippen molar-refractivity contribution in [1.82, 2.24) is 14.5 Å². The van der Waals surface area contributed by atoms with Gasteiger partial charge < -0.3 is 0 Å². The van der Waals surface area contributed by atoms with Crippen molar-refractivity contribution in [3.63, 3.8) is 0 Å². The Bertz CT molecular complexity index is 1110. The molecule has 1 aromatic heterocycles. The molecule has 7 heteroatoms. The lowest BCUT2D eigenvalue weighted by molar-refractivity contribution is 0.129. The molecule has 0 aliphatic carbocycles. The second kappa shape index (κ2) is 7.22. The number of hydrogen-bond donors (Lipinski definition) is 0. The zero-order valence-corrected chi connectivity index (χ0v) is 16.7. The van der Waals surface area contributed by atoms with Crippen LogP contribution in [0.2, 0.25) is 0 Å². The summed E-state index contributed by atoms with van der Waals surface area (Å²) < 4.78 is 27.0. The van der Waals surface area contributed by atoms with Crippen LogP contribution in [-0.2, 0) is 17.3 Å². The molecule has 0 amide bonds. The molecule has 1 fully saturated rings. The van der Waals surface area contributed by atoms with Crippen molar-refractivity contribution in [2.45, 2.75) is 25.9 Å². The van der Waals surface area contributed by atoms with Gasteiger partial charge in [-0.15, -0.1) is 0 Å². The number of aromatic nitrogens is 2. The Kier molecular flexibility index (Phi) is 4.89. The molecule has 1 aliphatic rings. The SMILES string of the molecule is CC1(C)CS(=O)CCN1Cc1nc2ccccc2c(=O)n1-c1ccc(F)cc1. The first kappa shape index (κ1) is 19.0. The van der Waals surface area contributed by atoms with Gasteiger partial charge in [-0.05, 0) is 50.2 Å². The zero-order valence-electron chi connectivity index (χ0n) is 15.9. The molecule has 1 saturated heterocycles. The summed E-state index contributed by atoms with van der Waals surface area (Å²) >= 11 is 0. The van der Waals surface area contributed by atoms with Crippen LogP contribution in [0.15, 0.2) is 53.3 Å². The first-order chi connectivity index (χ1) is 13.3. The predicted molar refractivity (Wildman–Crippen MR) is 110 cm³/mol. The smallest absolute Gasteiger partial charge is 0.266 e. The van der Waals surface area contributed by atoms with E-state index in [0.717, 1.165) is 0 Å². The molecule has 0 N–H and O–H groups in total. The summed E-state index contributed by atoms with van der Waals surface area (Å²) in [5.74, 6) is 1.43. The van der Waals surface area contributed by atoms with Crippen molar-refractivity contribution in [3.05, 3.63) is 70.5 Å². The van der Waals surface area contributed by atoms with Crippen LogP contribution in [-0.4, -0.2) is 42.2 Å². The Morgan fingerprint density at radius 2 is 1.86 bits per heavy atom. The summed E-state index contributed by atoms with van der Waals surface area (Å²) in [6, 6.07) is 13.1. The van der Waals surface area contributed by atoms with Crippen molar-refractivity contribution < 1.29 is 8.60 Å². The van der Waals surface area contributed by atoms with Gasteiger partial charge in [-0.2, -0.15) is 0 Å². The largest absolute Gasteiger partial charge is 0.289 e. The molecular weight excluding hydrogens is 377 g/mol. The van der Waals surface area contributed by atoms with Gasteiger partial charge in [-0.3, -0.25) is 18.5 Å². The van der Waals surface area contributed by atoms with Crippen LogP contribution in [0.25, 0.3) is 16.6 Å². The summed E-state index contributed by atoms with van der Waals surface area (Å²) in [5.41, 5.74) is 0.781. The maximum Gasteiger partial charge on any atom is 0.266 e. The van der Waals surface area contributed by atoms with Gasteiger partial charge in [0.25, 0.3) is 5.56 Å². The van der Waals surface area contributed by atoms with Crippen LogP contribution >= 0.6 is 0 Å². The predicted octanol–water partition coefficient (Wildman–Crippen LogP) is 2.87. The lowest BCUT2D eigenvalue weighted by atomic mass is 10.1. The molecule has 0 saturated carbocycles. The molecular formula is C21H22FN3O2S. The number of fused-ring (bicyclic) bond motifs is 1. The third-order valence-corrected chi connectivity index (χ3v) is 6.89. The highest BCUT2D eigenvalue weighted by Gasteiger charge is 2.34. The Labute approximate surface area is 165 Å². The highest BCUT2D eigenvalue weighted by Crippen LogP contribution is 2.24. The first-order valence-corrected chi connectivity index (χ1v) is 10.7. The van der Waals surface area contributed by atoms with Crippen molar-refractivity contribution >= 4 is 21.7 Å². The van der Waals surface area contributed by atoms with Crippen LogP contribution in [0.1, 0.15) is 19.7 Å². The quantitative estimate of drug-likeness (QED) is 0.680. The van der Waals surface area contributed by atoms with E-state index in [1.165, 1.54) is 12.1 Å². The van der Waals surface area contributed by atoms with E-state index in [1.54, 1.807) is 22.8 Å². The minimum absolute atomic E-state index is 0.175. The second-order valence-electron chi connectivity index (χ2n) is 7.68. The summed E-state index contributed by atoms with van der Waals surface area (Å²) in [6.45, 7) is 5.24. The molecule has 4 rings (SSSR count). The molecule has 0 spiro atoms. The van der Waals surface area contributed by atoms with Gasteiger partial charge in [-0.25, -0.2) is 9.37 Å². The third-order valence-electron chi connectivity index (χ3n) is 5.22. The average molecular weight is 399 g/mol. The Morgan fingerprint density at radius 3 is 2.57 bits per heavy atom.